The quantitative estimate of drug-likeness (QED) is 0.599. The standard InChI is InChI=1S/C7H9N3O2S/c8-6(13)10-7(11)9-4-5-2-1-3-12-5/h1-3H,4H2,(H4,8,9,10,11,13). The molecule has 4 N–H and O–H groups in total. The number of hydrogen-bond donors (Lipinski definition) is 3. The maximum Gasteiger partial charge on any atom is 0.321 e. The van der Waals surface area contributed by atoms with Crippen molar-refractivity contribution in [2.75, 3.05) is 0 Å². The van der Waals surface area contributed by atoms with Crippen LogP contribution in [0.3, 0.4) is 0 Å². The highest BCUT2D eigenvalue weighted by atomic mass is 32.1. The number of nitrogens with one attached hydrogen (secondary N) is 2. The molecule has 0 aromatic carbocycles. The molecule has 0 bridgehead atoms. The molecule has 5 nitrogen and oxygen atoms in total. The van der Waals surface area contributed by atoms with E-state index in [1.165, 1.54) is 6.26 Å². The Morgan fingerprint density at radius 1 is 1.69 bits per heavy atom. The number of carbonyl (C=O) groups excluding carboxylic acids is 1. The zero-order valence-corrected chi connectivity index (χ0v) is 7.56. The van der Waals surface area contributed by atoms with E-state index in [2.05, 4.69) is 22.9 Å². The van der Waals surface area contributed by atoms with Crippen LogP contribution < -0.4 is 16.4 Å². The molecule has 0 fully saturated rings. The predicted octanol–water partition coefficient (Wildman–Crippen LogP) is 0.322. The van der Waals surface area contributed by atoms with E-state index in [1.54, 1.807) is 12.1 Å². The second-order valence-corrected chi connectivity index (χ2v) is 2.69. The lowest BCUT2D eigenvalue weighted by Crippen LogP contribution is -2.41. The van der Waals surface area contributed by atoms with E-state index in [0.29, 0.717) is 12.3 Å². The maximum atomic E-state index is 10.9. The number of nitrogens with two attached hydrogens (primary N) is 1. The molecular formula is C7H9N3O2S. The summed E-state index contributed by atoms with van der Waals surface area (Å²) in [5, 5.41) is 4.67. The lowest BCUT2D eigenvalue weighted by atomic mass is 10.4. The molecule has 70 valence electrons. The van der Waals surface area contributed by atoms with E-state index in [-0.39, 0.29) is 5.11 Å². The largest absolute Gasteiger partial charge is 0.467 e. The summed E-state index contributed by atoms with van der Waals surface area (Å²) < 4.78 is 4.98. The average Bonchev–Trinajstić information content (AvgIpc) is 2.51. The summed E-state index contributed by atoms with van der Waals surface area (Å²) in [5.41, 5.74) is 5.08. The number of urea groups is 1. The van der Waals surface area contributed by atoms with Crippen LogP contribution in [0.15, 0.2) is 22.8 Å². The lowest BCUT2D eigenvalue weighted by Gasteiger charge is -2.03. The first-order valence-electron chi connectivity index (χ1n) is 3.55. The predicted molar refractivity (Wildman–Crippen MR) is 50.9 cm³/mol. The molecule has 0 atom stereocenters. The topological polar surface area (TPSA) is 80.3 Å². The first-order valence-corrected chi connectivity index (χ1v) is 3.96. The van der Waals surface area contributed by atoms with Crippen LogP contribution in [0.25, 0.3) is 0 Å². The summed E-state index contributed by atoms with van der Waals surface area (Å²) >= 11 is 4.47. The van der Waals surface area contributed by atoms with E-state index < -0.39 is 6.03 Å². The summed E-state index contributed by atoms with van der Waals surface area (Å²) in [4.78, 5) is 10.9. The van der Waals surface area contributed by atoms with Crippen molar-refractivity contribution in [3.05, 3.63) is 24.2 Å². The molecule has 0 saturated carbocycles. The van der Waals surface area contributed by atoms with Gasteiger partial charge in [-0.05, 0) is 24.4 Å². The molecule has 1 rings (SSSR count). The van der Waals surface area contributed by atoms with Gasteiger partial charge in [0.2, 0.25) is 0 Å². The van der Waals surface area contributed by atoms with E-state index in [0.717, 1.165) is 0 Å². The minimum Gasteiger partial charge on any atom is -0.467 e. The van der Waals surface area contributed by atoms with Gasteiger partial charge in [-0.25, -0.2) is 4.79 Å². The van der Waals surface area contributed by atoms with Crippen molar-refractivity contribution in [1.29, 1.82) is 0 Å². The molecular weight excluding hydrogens is 190 g/mol. The van der Waals surface area contributed by atoms with Gasteiger partial charge < -0.3 is 15.5 Å². The van der Waals surface area contributed by atoms with Crippen molar-refractivity contribution >= 4 is 23.4 Å². The normalized spacial score (nSPS) is 9.23. The Hall–Kier alpha value is -1.56. The second kappa shape index (κ2) is 4.46. The fourth-order valence-electron chi connectivity index (χ4n) is 0.737. The third-order valence-corrected chi connectivity index (χ3v) is 1.34. The van der Waals surface area contributed by atoms with Gasteiger partial charge >= 0.3 is 6.03 Å². The first kappa shape index (κ1) is 9.53. The van der Waals surface area contributed by atoms with Gasteiger partial charge in [-0.1, -0.05) is 0 Å². The van der Waals surface area contributed by atoms with Crippen LogP contribution in [-0.2, 0) is 6.54 Å². The van der Waals surface area contributed by atoms with Crippen LogP contribution in [0.1, 0.15) is 5.76 Å². The number of rotatable bonds is 2. The molecule has 0 aliphatic carbocycles. The molecule has 6 heteroatoms. The second-order valence-electron chi connectivity index (χ2n) is 2.25. The minimum absolute atomic E-state index is 0.0584. The third kappa shape index (κ3) is 3.57. The van der Waals surface area contributed by atoms with Crippen LogP contribution in [0.4, 0.5) is 4.79 Å². The Bertz CT molecular complexity index is 297. The van der Waals surface area contributed by atoms with Gasteiger partial charge in [0, 0.05) is 0 Å². The number of furan rings is 1. The number of thiocarbonyl (C=S) groups is 1. The summed E-state index contributed by atoms with van der Waals surface area (Å²) in [6.45, 7) is 0.307. The Balaban J connectivity index is 2.27. The van der Waals surface area contributed by atoms with Crippen molar-refractivity contribution in [1.82, 2.24) is 10.6 Å². The molecule has 1 heterocycles. The van der Waals surface area contributed by atoms with Gasteiger partial charge in [0.05, 0.1) is 12.8 Å². The Morgan fingerprint density at radius 2 is 2.46 bits per heavy atom. The van der Waals surface area contributed by atoms with E-state index in [9.17, 15) is 4.79 Å². The van der Waals surface area contributed by atoms with Gasteiger partial charge in [-0.2, -0.15) is 0 Å². The maximum absolute atomic E-state index is 10.9. The minimum atomic E-state index is -0.441. The first-order chi connectivity index (χ1) is 6.18. The average molecular weight is 199 g/mol. The van der Waals surface area contributed by atoms with Gasteiger partial charge in [-0.15, -0.1) is 0 Å². The fraction of sp³-hybridized carbons (Fsp3) is 0.143. The molecule has 13 heavy (non-hydrogen) atoms. The fourth-order valence-corrected chi connectivity index (χ4v) is 0.829. The lowest BCUT2D eigenvalue weighted by molar-refractivity contribution is 0.244. The van der Waals surface area contributed by atoms with Crippen LogP contribution in [0, 0.1) is 0 Å². The van der Waals surface area contributed by atoms with E-state index >= 15 is 0 Å². The molecule has 1 aromatic heterocycles. The molecule has 0 unspecified atom stereocenters. The molecule has 2 amide bonds. The third-order valence-electron chi connectivity index (χ3n) is 1.24. The molecule has 0 radical (unpaired) electrons. The highest BCUT2D eigenvalue weighted by Crippen LogP contribution is 1.97. The van der Waals surface area contributed by atoms with Crippen molar-refractivity contribution in [3.63, 3.8) is 0 Å². The molecule has 0 aliphatic heterocycles. The van der Waals surface area contributed by atoms with Gasteiger partial charge in [0.15, 0.2) is 5.11 Å². The Morgan fingerprint density at radius 3 is 3.00 bits per heavy atom. The van der Waals surface area contributed by atoms with Crippen LogP contribution in [0.5, 0.6) is 0 Å². The van der Waals surface area contributed by atoms with Crippen molar-refractivity contribution < 1.29 is 9.21 Å². The van der Waals surface area contributed by atoms with E-state index in [4.69, 9.17) is 10.2 Å². The Labute approximate surface area is 80.3 Å². The van der Waals surface area contributed by atoms with Crippen molar-refractivity contribution in [3.8, 4) is 0 Å². The van der Waals surface area contributed by atoms with E-state index in [1.807, 2.05) is 0 Å². The smallest absolute Gasteiger partial charge is 0.321 e. The van der Waals surface area contributed by atoms with Crippen LogP contribution in [0.2, 0.25) is 0 Å². The summed E-state index contributed by atoms with van der Waals surface area (Å²) in [7, 11) is 0. The zero-order valence-electron chi connectivity index (χ0n) is 6.74. The van der Waals surface area contributed by atoms with Crippen LogP contribution >= 0.6 is 12.2 Å². The number of amides is 2. The summed E-state index contributed by atoms with van der Waals surface area (Å²) in [5.74, 6) is 0.665. The molecule has 0 saturated heterocycles. The Kier molecular flexibility index (Phi) is 3.27. The molecule has 0 spiro atoms. The highest BCUT2D eigenvalue weighted by molar-refractivity contribution is 7.80. The highest BCUT2D eigenvalue weighted by Gasteiger charge is 2.01. The van der Waals surface area contributed by atoms with Gasteiger partial charge in [-0.3, -0.25) is 5.32 Å². The van der Waals surface area contributed by atoms with Crippen molar-refractivity contribution in [2.45, 2.75) is 6.54 Å². The monoisotopic (exact) mass is 199 g/mol. The number of carbonyl (C=O) groups is 1. The molecule has 0 aliphatic rings. The van der Waals surface area contributed by atoms with Gasteiger partial charge in [0.25, 0.3) is 0 Å². The summed E-state index contributed by atoms with van der Waals surface area (Å²) in [6, 6.07) is 3.05. The molecule has 1 aromatic rings. The summed E-state index contributed by atoms with van der Waals surface area (Å²) in [6.07, 6.45) is 1.53. The van der Waals surface area contributed by atoms with Gasteiger partial charge in [0.1, 0.15) is 5.76 Å². The van der Waals surface area contributed by atoms with Crippen molar-refractivity contribution in [2.24, 2.45) is 5.73 Å². The van der Waals surface area contributed by atoms with Crippen LogP contribution in [-0.4, -0.2) is 11.1 Å². The zero-order chi connectivity index (χ0) is 9.68. The number of hydrogen-bond acceptors (Lipinski definition) is 3. The SMILES string of the molecule is NC(=S)NC(=O)NCc1ccco1.